The van der Waals surface area contributed by atoms with Crippen molar-refractivity contribution in [1.82, 2.24) is 10.2 Å². The van der Waals surface area contributed by atoms with Gasteiger partial charge in [0, 0.05) is 27.4 Å². The Morgan fingerprint density at radius 3 is 2.00 bits per heavy atom. The summed E-state index contributed by atoms with van der Waals surface area (Å²) in [4.78, 5) is 2.33. The molecule has 104 valence electrons. The Hall–Kier alpha value is 0.0169. The van der Waals surface area contributed by atoms with Gasteiger partial charge in [-0.2, -0.15) is 0 Å². The molecule has 0 rings (SSSR count). The van der Waals surface area contributed by atoms with Crippen LogP contribution < -0.4 is 5.32 Å². The predicted molar refractivity (Wildman–Crippen MR) is 72.2 cm³/mol. The largest absolute Gasteiger partial charge is 0.500 e. The molecule has 0 aromatic carbocycles. The molecule has 0 aromatic rings. The fraction of sp³-hybridized carbons (Fsp3) is 1.00. The van der Waals surface area contributed by atoms with Gasteiger partial charge in [-0.3, -0.25) is 0 Å². The summed E-state index contributed by atoms with van der Waals surface area (Å²) < 4.78 is 16.1. The Morgan fingerprint density at radius 2 is 1.53 bits per heavy atom. The van der Waals surface area contributed by atoms with Crippen molar-refractivity contribution in [3.8, 4) is 0 Å². The quantitative estimate of drug-likeness (QED) is 0.442. The van der Waals surface area contributed by atoms with E-state index in [1.807, 2.05) is 7.05 Å². The van der Waals surface area contributed by atoms with Crippen molar-refractivity contribution in [2.45, 2.75) is 18.9 Å². The zero-order valence-electron chi connectivity index (χ0n) is 11.9. The molecule has 0 unspecified atom stereocenters. The van der Waals surface area contributed by atoms with E-state index in [1.54, 1.807) is 21.3 Å². The normalized spacial score (nSPS) is 12.4. The molecule has 17 heavy (non-hydrogen) atoms. The molecule has 1 N–H and O–H groups in total. The molecule has 0 aliphatic rings. The monoisotopic (exact) mass is 264 g/mol. The third-order valence-electron chi connectivity index (χ3n) is 2.92. The molecule has 0 aliphatic carbocycles. The van der Waals surface area contributed by atoms with Gasteiger partial charge in [0.05, 0.1) is 0 Å². The number of hydrogen-bond donors (Lipinski definition) is 1. The maximum atomic E-state index is 5.38. The zero-order chi connectivity index (χ0) is 13.1. The molecule has 0 saturated heterocycles. The topological polar surface area (TPSA) is 43.0 Å². The summed E-state index contributed by atoms with van der Waals surface area (Å²) in [5, 5.41) is 3.15. The van der Waals surface area contributed by atoms with Crippen LogP contribution in [0, 0.1) is 0 Å². The first-order chi connectivity index (χ1) is 8.14. The summed E-state index contributed by atoms with van der Waals surface area (Å²) in [6.45, 7) is 3.23. The van der Waals surface area contributed by atoms with Gasteiger partial charge >= 0.3 is 8.80 Å². The number of nitrogens with one attached hydrogen (secondary N) is 1. The molecule has 0 radical (unpaired) electrons. The third kappa shape index (κ3) is 7.12. The maximum absolute atomic E-state index is 5.38. The Bertz CT molecular complexity index is 172. The van der Waals surface area contributed by atoms with E-state index in [9.17, 15) is 0 Å². The van der Waals surface area contributed by atoms with E-state index < -0.39 is 8.80 Å². The molecule has 0 aliphatic heterocycles. The van der Waals surface area contributed by atoms with Crippen LogP contribution in [0.3, 0.4) is 0 Å². The second kappa shape index (κ2) is 9.99. The summed E-state index contributed by atoms with van der Waals surface area (Å²) in [6.07, 6.45) is 2.21. The van der Waals surface area contributed by atoms with Gasteiger partial charge in [0.25, 0.3) is 0 Å². The minimum atomic E-state index is -2.36. The van der Waals surface area contributed by atoms with Crippen molar-refractivity contribution in [3.05, 3.63) is 0 Å². The Labute approximate surface area is 107 Å². The van der Waals surface area contributed by atoms with E-state index in [2.05, 4.69) is 17.3 Å². The Kier molecular flexibility index (Phi) is 10.00. The number of nitrogens with zero attached hydrogens (tertiary/aromatic N) is 1. The van der Waals surface area contributed by atoms with Gasteiger partial charge in [0.1, 0.15) is 0 Å². The Balaban J connectivity index is 3.73. The van der Waals surface area contributed by atoms with Gasteiger partial charge in [0.15, 0.2) is 0 Å². The average molecular weight is 264 g/mol. The summed E-state index contributed by atoms with van der Waals surface area (Å²) in [5.74, 6) is 0. The van der Waals surface area contributed by atoms with Crippen LogP contribution in [0.15, 0.2) is 0 Å². The summed E-state index contributed by atoms with van der Waals surface area (Å²) in [7, 11) is 6.75. The highest BCUT2D eigenvalue weighted by atomic mass is 28.4. The molecule has 0 spiro atoms. The predicted octanol–water partition coefficient (Wildman–Crippen LogP) is 0.796. The van der Waals surface area contributed by atoms with E-state index in [4.69, 9.17) is 13.3 Å². The fourth-order valence-electron chi connectivity index (χ4n) is 1.76. The van der Waals surface area contributed by atoms with Crippen LogP contribution in [0.4, 0.5) is 0 Å². The molecular formula is C11H28N2O3Si. The molecule has 0 fully saturated rings. The van der Waals surface area contributed by atoms with E-state index in [-0.39, 0.29) is 0 Å². The third-order valence-corrected chi connectivity index (χ3v) is 5.75. The van der Waals surface area contributed by atoms with Crippen LogP contribution in [0.1, 0.15) is 12.8 Å². The van der Waals surface area contributed by atoms with Crippen molar-refractivity contribution >= 4 is 8.80 Å². The lowest BCUT2D eigenvalue weighted by Gasteiger charge is -2.25. The van der Waals surface area contributed by atoms with E-state index in [0.717, 1.165) is 32.1 Å². The molecule has 0 bridgehead atoms. The van der Waals surface area contributed by atoms with Crippen LogP contribution in [-0.4, -0.2) is 68.8 Å². The van der Waals surface area contributed by atoms with E-state index >= 15 is 0 Å². The zero-order valence-corrected chi connectivity index (χ0v) is 12.9. The molecular weight excluding hydrogens is 236 g/mol. The fourth-order valence-corrected chi connectivity index (χ4v) is 3.46. The first kappa shape index (κ1) is 17.0. The summed E-state index contributed by atoms with van der Waals surface area (Å²) >= 11 is 0. The lowest BCUT2D eigenvalue weighted by molar-refractivity contribution is 0.122. The molecule has 0 aromatic heterocycles. The van der Waals surface area contributed by atoms with Crippen LogP contribution in [-0.2, 0) is 13.3 Å². The van der Waals surface area contributed by atoms with Gasteiger partial charge in [0.2, 0.25) is 0 Å². The first-order valence-electron chi connectivity index (χ1n) is 6.12. The second-order valence-electron chi connectivity index (χ2n) is 4.16. The van der Waals surface area contributed by atoms with Gasteiger partial charge in [-0.05, 0) is 46.6 Å². The van der Waals surface area contributed by atoms with Gasteiger partial charge in [-0.15, -0.1) is 0 Å². The van der Waals surface area contributed by atoms with Crippen LogP contribution in [0.25, 0.3) is 0 Å². The Morgan fingerprint density at radius 1 is 1.00 bits per heavy atom. The van der Waals surface area contributed by atoms with Crippen molar-refractivity contribution in [3.63, 3.8) is 0 Å². The highest BCUT2D eigenvalue weighted by molar-refractivity contribution is 6.60. The van der Waals surface area contributed by atoms with Crippen molar-refractivity contribution < 1.29 is 13.3 Å². The van der Waals surface area contributed by atoms with E-state index in [1.165, 1.54) is 6.42 Å². The van der Waals surface area contributed by atoms with E-state index in [0.29, 0.717) is 0 Å². The minimum absolute atomic E-state index is 0.868. The summed E-state index contributed by atoms with van der Waals surface area (Å²) in [5.41, 5.74) is 0. The summed E-state index contributed by atoms with van der Waals surface area (Å²) in [6, 6.07) is 0.868. The first-order valence-corrected chi connectivity index (χ1v) is 8.06. The van der Waals surface area contributed by atoms with Gasteiger partial charge < -0.3 is 23.5 Å². The van der Waals surface area contributed by atoms with Crippen molar-refractivity contribution in [1.29, 1.82) is 0 Å². The van der Waals surface area contributed by atoms with Crippen LogP contribution >= 0.6 is 0 Å². The van der Waals surface area contributed by atoms with Crippen molar-refractivity contribution in [2.24, 2.45) is 0 Å². The highest BCUT2D eigenvalue weighted by Gasteiger charge is 2.36. The molecule has 5 nitrogen and oxygen atoms in total. The van der Waals surface area contributed by atoms with Crippen LogP contribution in [0.2, 0.25) is 6.04 Å². The molecule has 0 amide bonds. The molecule has 0 saturated carbocycles. The standard InChI is InChI=1S/C11H28N2O3Si/c1-12-8-6-9-13(2)10-7-11-17(14-3,15-4)16-5/h12H,6-11H2,1-5H3. The SMILES string of the molecule is CNCCCN(C)CCC[Si](OC)(OC)OC. The second-order valence-corrected chi connectivity index (χ2v) is 7.25. The maximum Gasteiger partial charge on any atom is 0.500 e. The number of hydrogen-bond acceptors (Lipinski definition) is 5. The smallest absolute Gasteiger partial charge is 0.377 e. The van der Waals surface area contributed by atoms with Gasteiger partial charge in [-0.25, -0.2) is 0 Å². The van der Waals surface area contributed by atoms with Crippen LogP contribution in [0.5, 0.6) is 0 Å². The molecule has 6 heteroatoms. The lowest BCUT2D eigenvalue weighted by atomic mass is 10.3. The minimum Gasteiger partial charge on any atom is -0.377 e. The number of rotatable bonds is 11. The lowest BCUT2D eigenvalue weighted by Crippen LogP contribution is -2.43. The molecule has 0 atom stereocenters. The van der Waals surface area contributed by atoms with Gasteiger partial charge in [-0.1, -0.05) is 0 Å². The highest BCUT2D eigenvalue weighted by Crippen LogP contribution is 2.15. The average Bonchev–Trinajstić information content (AvgIpc) is 2.36. The van der Waals surface area contributed by atoms with Crippen molar-refractivity contribution in [2.75, 3.05) is 55.1 Å². The molecule has 0 heterocycles.